The maximum absolute atomic E-state index is 6.62. The fraction of sp³-hybridized carbons (Fsp3) is 0. The molecule has 0 aromatic rings. The molecule has 0 aromatic heterocycles. The molecule has 0 aromatic carbocycles. The van der Waals surface area contributed by atoms with Gasteiger partial charge in [-0.05, 0) is 28.1 Å². The van der Waals surface area contributed by atoms with E-state index >= 15 is 0 Å². The molecule has 0 saturated carbocycles. The first kappa shape index (κ1) is 5.48. The van der Waals surface area contributed by atoms with Crippen LogP contribution in [0.15, 0.2) is 22.8 Å². The number of nitrogens with one attached hydrogen (secondary N) is 1. The van der Waals surface area contributed by atoms with Crippen LogP contribution in [-0.2, 0) is 0 Å². The summed E-state index contributed by atoms with van der Waals surface area (Å²) in [7, 11) is 0. The first-order valence-corrected chi connectivity index (χ1v) is 2.84. The molecule has 1 heterocycles. The summed E-state index contributed by atoms with van der Waals surface area (Å²) >= 11 is 3.14. The highest BCUT2D eigenvalue weighted by Gasteiger charge is 1.96. The monoisotopic (exact) mass is 170 g/mol. The quantitative estimate of drug-likeness (QED) is 0.536. The zero-order chi connectivity index (χ0) is 5.98. The van der Waals surface area contributed by atoms with E-state index in [4.69, 9.17) is 5.41 Å². The zero-order valence-corrected chi connectivity index (χ0v) is 5.57. The smallest absolute Gasteiger partial charge is 0.125 e. The van der Waals surface area contributed by atoms with Crippen molar-refractivity contribution in [2.24, 2.45) is 4.99 Å². The number of nitrogens with zero attached hydrogens (tertiary/aromatic N) is 1. The number of aliphatic imine (C=N–C) groups is 1. The normalized spacial score (nSPS) is 16.1. The number of rotatable bonds is 0. The van der Waals surface area contributed by atoms with Gasteiger partial charge in [0.2, 0.25) is 0 Å². The topological polar surface area (TPSA) is 36.2 Å². The lowest BCUT2D eigenvalue weighted by molar-refractivity contribution is 1.48. The van der Waals surface area contributed by atoms with Gasteiger partial charge in [-0.3, -0.25) is 5.41 Å². The minimum atomic E-state index is 0.567. The van der Waals surface area contributed by atoms with Crippen molar-refractivity contribution in [1.82, 2.24) is 0 Å². The highest BCUT2D eigenvalue weighted by atomic mass is 79.9. The van der Waals surface area contributed by atoms with Gasteiger partial charge in [-0.1, -0.05) is 0 Å². The molecule has 0 bridgehead atoms. The molecule has 40 valence electrons. The maximum atomic E-state index is 6.62. The summed E-state index contributed by atoms with van der Waals surface area (Å²) in [5.41, 5.74) is 0.567. The Balaban J connectivity index is 3.01. The molecule has 0 fully saturated rings. The average molecular weight is 171 g/mol. The fourth-order valence-corrected chi connectivity index (χ4v) is 0.730. The van der Waals surface area contributed by atoms with E-state index in [1.165, 1.54) is 0 Å². The van der Waals surface area contributed by atoms with Gasteiger partial charge in [0.1, 0.15) is 10.3 Å². The van der Waals surface area contributed by atoms with Crippen LogP contribution in [0, 0.1) is 5.41 Å². The van der Waals surface area contributed by atoms with Gasteiger partial charge in [0, 0.05) is 5.87 Å². The molecule has 8 heavy (non-hydrogen) atoms. The molecule has 0 unspecified atom stereocenters. The van der Waals surface area contributed by atoms with E-state index in [0.29, 0.717) is 5.70 Å². The molecule has 1 aliphatic heterocycles. The summed E-state index contributed by atoms with van der Waals surface area (Å²) in [5.74, 6) is 2.16. The summed E-state index contributed by atoms with van der Waals surface area (Å²) in [6.07, 6.45) is 3.49. The van der Waals surface area contributed by atoms with E-state index < -0.39 is 0 Å². The molecule has 1 N–H and O–H groups in total. The van der Waals surface area contributed by atoms with Crippen molar-refractivity contribution in [3.05, 3.63) is 17.8 Å². The van der Waals surface area contributed by atoms with E-state index in [9.17, 15) is 0 Å². The third kappa shape index (κ3) is 0.941. The molecule has 2 nitrogen and oxygen atoms in total. The number of hydrogen-bond donors (Lipinski definition) is 1. The van der Waals surface area contributed by atoms with Crippen molar-refractivity contribution in [3.63, 3.8) is 0 Å². The first-order valence-electron chi connectivity index (χ1n) is 2.05. The van der Waals surface area contributed by atoms with Crippen LogP contribution in [-0.4, -0.2) is 10.5 Å². The molecule has 0 spiro atoms. The standard InChI is InChI=1S/C5H3BrN2/c6-5-2-1-4(3-7)8-5/h1-2,7H. The van der Waals surface area contributed by atoms with Gasteiger partial charge in [-0.15, -0.1) is 0 Å². The Morgan fingerprint density at radius 2 is 2.38 bits per heavy atom. The highest BCUT2D eigenvalue weighted by Crippen LogP contribution is 2.07. The van der Waals surface area contributed by atoms with Crippen LogP contribution in [0.1, 0.15) is 0 Å². The van der Waals surface area contributed by atoms with Crippen molar-refractivity contribution in [3.8, 4) is 0 Å². The van der Waals surface area contributed by atoms with E-state index in [1.807, 2.05) is 0 Å². The lowest BCUT2D eigenvalue weighted by Crippen LogP contribution is -1.67. The van der Waals surface area contributed by atoms with Crippen LogP contribution in [0.4, 0.5) is 0 Å². The van der Waals surface area contributed by atoms with Crippen molar-refractivity contribution in [1.29, 1.82) is 5.41 Å². The SMILES string of the molecule is N=C=C1C=CC(Br)=N1. The summed E-state index contributed by atoms with van der Waals surface area (Å²) in [6.45, 7) is 0. The van der Waals surface area contributed by atoms with Gasteiger partial charge in [-0.2, -0.15) is 0 Å². The second kappa shape index (κ2) is 2.07. The summed E-state index contributed by atoms with van der Waals surface area (Å²) in [6, 6.07) is 0. The Bertz CT molecular complexity index is 208. The largest absolute Gasteiger partial charge is 0.257 e. The van der Waals surface area contributed by atoms with Crippen molar-refractivity contribution in [2.45, 2.75) is 0 Å². The molecule has 0 saturated heterocycles. The van der Waals surface area contributed by atoms with Gasteiger partial charge in [0.15, 0.2) is 0 Å². The third-order valence-electron chi connectivity index (χ3n) is 0.734. The Morgan fingerprint density at radius 3 is 2.62 bits per heavy atom. The van der Waals surface area contributed by atoms with Crippen LogP contribution >= 0.6 is 15.9 Å². The molecule has 1 rings (SSSR count). The lowest BCUT2D eigenvalue weighted by Gasteiger charge is -1.74. The Labute approximate surface area is 55.3 Å². The van der Waals surface area contributed by atoms with Crippen LogP contribution in [0.2, 0.25) is 0 Å². The minimum Gasteiger partial charge on any atom is -0.257 e. The van der Waals surface area contributed by atoms with E-state index in [0.717, 1.165) is 4.62 Å². The molecule has 1 aliphatic rings. The second-order valence-electron chi connectivity index (χ2n) is 1.28. The van der Waals surface area contributed by atoms with Crippen LogP contribution < -0.4 is 0 Å². The predicted octanol–water partition coefficient (Wildman–Crippen LogP) is 1.48. The number of halogens is 1. The fourth-order valence-electron chi connectivity index (χ4n) is 0.407. The summed E-state index contributed by atoms with van der Waals surface area (Å²) < 4.78 is 0.757. The molecular weight excluding hydrogens is 168 g/mol. The third-order valence-corrected chi connectivity index (χ3v) is 1.18. The number of allylic oxidation sites excluding steroid dienone is 2. The van der Waals surface area contributed by atoms with Crippen molar-refractivity contribution in [2.75, 3.05) is 0 Å². The van der Waals surface area contributed by atoms with Crippen molar-refractivity contribution < 1.29 is 0 Å². The summed E-state index contributed by atoms with van der Waals surface area (Å²) in [5, 5.41) is 6.62. The van der Waals surface area contributed by atoms with Crippen molar-refractivity contribution >= 4 is 26.4 Å². The molecule has 0 amide bonds. The Hall–Kier alpha value is -0.660. The van der Waals surface area contributed by atoms with E-state index in [2.05, 4.69) is 26.8 Å². The van der Waals surface area contributed by atoms with Gasteiger partial charge in [0.05, 0.1) is 0 Å². The average Bonchev–Trinajstić information content (AvgIpc) is 2.14. The molecule has 0 atom stereocenters. The Kier molecular flexibility index (Phi) is 1.42. The molecule has 0 radical (unpaired) electrons. The number of hydrogen-bond acceptors (Lipinski definition) is 2. The van der Waals surface area contributed by atoms with Gasteiger partial charge in [0.25, 0.3) is 0 Å². The molecule has 3 heteroatoms. The minimum absolute atomic E-state index is 0.567. The zero-order valence-electron chi connectivity index (χ0n) is 3.98. The van der Waals surface area contributed by atoms with Crippen LogP contribution in [0.5, 0.6) is 0 Å². The van der Waals surface area contributed by atoms with E-state index in [1.54, 1.807) is 12.2 Å². The van der Waals surface area contributed by atoms with Gasteiger partial charge < -0.3 is 0 Å². The lowest BCUT2D eigenvalue weighted by atomic mass is 10.5. The molecular formula is C5H3BrN2. The predicted molar refractivity (Wildman–Crippen MR) is 36.7 cm³/mol. The van der Waals surface area contributed by atoms with Crippen LogP contribution in [0.25, 0.3) is 0 Å². The molecule has 0 aliphatic carbocycles. The second-order valence-corrected chi connectivity index (χ2v) is 2.09. The van der Waals surface area contributed by atoms with Gasteiger partial charge >= 0.3 is 0 Å². The van der Waals surface area contributed by atoms with E-state index in [-0.39, 0.29) is 0 Å². The first-order chi connectivity index (χ1) is 3.83. The Morgan fingerprint density at radius 1 is 1.62 bits per heavy atom. The summed E-state index contributed by atoms with van der Waals surface area (Å²) in [4.78, 5) is 3.85. The van der Waals surface area contributed by atoms with Crippen LogP contribution in [0.3, 0.4) is 0 Å². The maximum Gasteiger partial charge on any atom is 0.125 e. The highest BCUT2D eigenvalue weighted by molar-refractivity contribution is 9.18. The van der Waals surface area contributed by atoms with Gasteiger partial charge in [-0.25, -0.2) is 4.99 Å².